The van der Waals surface area contributed by atoms with E-state index in [1.165, 1.54) is 12.1 Å². The predicted octanol–water partition coefficient (Wildman–Crippen LogP) is 4.46. The summed E-state index contributed by atoms with van der Waals surface area (Å²) in [5, 5.41) is 6.14. The standard InChI is InChI=1S/C24H24FN3O2/c1-14-20(23(30)28-19-6-4-5-11-26-19)21(15-7-9-16(25)10-8-15)22-17(27-14)12-24(2,3)13-18(22)29/h4-11,21,27H,12-13H2,1-3H3,(H,26,28,30). The number of hydrogen-bond acceptors (Lipinski definition) is 4. The Balaban J connectivity index is 1.81. The lowest BCUT2D eigenvalue weighted by Gasteiger charge is -2.39. The predicted molar refractivity (Wildman–Crippen MR) is 113 cm³/mol. The Morgan fingerprint density at radius 2 is 1.90 bits per heavy atom. The van der Waals surface area contributed by atoms with Gasteiger partial charge in [-0.05, 0) is 48.6 Å². The minimum atomic E-state index is -0.561. The Morgan fingerprint density at radius 3 is 2.57 bits per heavy atom. The molecule has 2 N–H and O–H groups in total. The van der Waals surface area contributed by atoms with Crippen molar-refractivity contribution in [3.63, 3.8) is 0 Å². The Bertz CT molecular complexity index is 1070. The van der Waals surface area contributed by atoms with Gasteiger partial charge in [0, 0.05) is 41.1 Å². The van der Waals surface area contributed by atoms with Crippen molar-refractivity contribution in [2.75, 3.05) is 5.32 Å². The first-order valence-corrected chi connectivity index (χ1v) is 9.97. The summed E-state index contributed by atoms with van der Waals surface area (Å²) in [6.45, 7) is 5.96. The third kappa shape index (κ3) is 3.77. The fourth-order valence-electron chi connectivity index (χ4n) is 4.35. The van der Waals surface area contributed by atoms with E-state index in [1.54, 1.807) is 36.5 Å². The van der Waals surface area contributed by atoms with Crippen LogP contribution in [0.1, 0.15) is 45.1 Å². The van der Waals surface area contributed by atoms with Crippen molar-refractivity contribution in [1.82, 2.24) is 10.3 Å². The number of benzene rings is 1. The van der Waals surface area contributed by atoms with Gasteiger partial charge >= 0.3 is 0 Å². The van der Waals surface area contributed by atoms with E-state index in [2.05, 4.69) is 29.5 Å². The van der Waals surface area contributed by atoms with Crippen LogP contribution in [0.2, 0.25) is 0 Å². The van der Waals surface area contributed by atoms with Crippen LogP contribution in [0.15, 0.2) is 71.2 Å². The topological polar surface area (TPSA) is 71.1 Å². The van der Waals surface area contributed by atoms with Crippen LogP contribution in [-0.4, -0.2) is 16.7 Å². The first kappa shape index (κ1) is 20.0. The van der Waals surface area contributed by atoms with Gasteiger partial charge in [-0.25, -0.2) is 9.37 Å². The fourth-order valence-corrected chi connectivity index (χ4v) is 4.35. The number of rotatable bonds is 3. The maximum absolute atomic E-state index is 13.6. The third-order valence-electron chi connectivity index (χ3n) is 5.59. The minimum Gasteiger partial charge on any atom is -0.362 e. The molecule has 5 nitrogen and oxygen atoms in total. The number of carbonyl (C=O) groups excluding carboxylic acids is 2. The van der Waals surface area contributed by atoms with Crippen molar-refractivity contribution in [1.29, 1.82) is 0 Å². The lowest BCUT2D eigenvalue weighted by Crippen LogP contribution is -2.39. The molecular formula is C24H24FN3O2. The van der Waals surface area contributed by atoms with Gasteiger partial charge < -0.3 is 10.6 Å². The van der Waals surface area contributed by atoms with Crippen molar-refractivity contribution in [3.8, 4) is 0 Å². The molecule has 1 aromatic heterocycles. The molecule has 0 saturated carbocycles. The number of dihydropyridines is 1. The molecule has 1 aliphatic heterocycles. The van der Waals surface area contributed by atoms with Gasteiger partial charge in [-0.2, -0.15) is 0 Å². The number of amides is 1. The molecule has 6 heteroatoms. The lowest BCUT2D eigenvalue weighted by molar-refractivity contribution is -0.118. The summed E-state index contributed by atoms with van der Waals surface area (Å²) < 4.78 is 13.6. The SMILES string of the molecule is CC1=C(C(=O)Nc2ccccn2)C(c2ccc(F)cc2)C2=C(CC(C)(C)CC2=O)N1. The quantitative estimate of drug-likeness (QED) is 0.791. The van der Waals surface area contributed by atoms with E-state index in [4.69, 9.17) is 0 Å². The van der Waals surface area contributed by atoms with Crippen LogP contribution in [0.5, 0.6) is 0 Å². The normalized spacial score (nSPS) is 20.5. The van der Waals surface area contributed by atoms with E-state index >= 15 is 0 Å². The van der Waals surface area contributed by atoms with Crippen molar-refractivity contribution < 1.29 is 14.0 Å². The van der Waals surface area contributed by atoms with E-state index in [0.29, 0.717) is 41.1 Å². The molecule has 1 unspecified atom stereocenters. The van der Waals surface area contributed by atoms with Crippen LogP contribution in [0.4, 0.5) is 10.2 Å². The first-order chi connectivity index (χ1) is 14.2. The highest BCUT2D eigenvalue weighted by molar-refractivity contribution is 6.09. The number of halogens is 1. The number of allylic oxidation sites excluding steroid dienone is 3. The second kappa shape index (κ2) is 7.52. The van der Waals surface area contributed by atoms with Gasteiger partial charge in [-0.15, -0.1) is 0 Å². The van der Waals surface area contributed by atoms with E-state index in [0.717, 1.165) is 5.70 Å². The Labute approximate surface area is 175 Å². The number of carbonyl (C=O) groups is 2. The van der Waals surface area contributed by atoms with Crippen molar-refractivity contribution in [2.45, 2.75) is 39.5 Å². The van der Waals surface area contributed by atoms with Crippen LogP contribution in [-0.2, 0) is 9.59 Å². The third-order valence-corrected chi connectivity index (χ3v) is 5.59. The molecule has 2 heterocycles. The maximum atomic E-state index is 13.6. The Morgan fingerprint density at radius 1 is 1.17 bits per heavy atom. The van der Waals surface area contributed by atoms with Crippen LogP contribution in [0.25, 0.3) is 0 Å². The summed E-state index contributed by atoms with van der Waals surface area (Å²) in [7, 11) is 0. The molecule has 1 aliphatic carbocycles. The number of nitrogens with one attached hydrogen (secondary N) is 2. The molecule has 2 aliphatic rings. The van der Waals surface area contributed by atoms with Gasteiger partial charge in [0.05, 0.1) is 0 Å². The fraction of sp³-hybridized carbons (Fsp3) is 0.292. The van der Waals surface area contributed by atoms with Crippen LogP contribution >= 0.6 is 0 Å². The lowest BCUT2D eigenvalue weighted by atomic mass is 9.68. The molecule has 2 aromatic rings. The number of anilines is 1. The number of aromatic nitrogens is 1. The number of pyridine rings is 1. The van der Waals surface area contributed by atoms with Crippen molar-refractivity contribution in [2.24, 2.45) is 5.41 Å². The van der Waals surface area contributed by atoms with E-state index in [-0.39, 0.29) is 22.9 Å². The smallest absolute Gasteiger partial charge is 0.255 e. The van der Waals surface area contributed by atoms with Gasteiger partial charge in [0.15, 0.2) is 5.78 Å². The molecule has 0 radical (unpaired) electrons. The monoisotopic (exact) mass is 405 g/mol. The summed E-state index contributed by atoms with van der Waals surface area (Å²) in [4.78, 5) is 30.6. The molecule has 1 aromatic carbocycles. The molecule has 1 amide bonds. The highest BCUT2D eigenvalue weighted by Gasteiger charge is 2.42. The molecule has 0 spiro atoms. The van der Waals surface area contributed by atoms with Crippen molar-refractivity contribution >= 4 is 17.5 Å². The second-order valence-corrected chi connectivity index (χ2v) is 8.65. The first-order valence-electron chi connectivity index (χ1n) is 9.97. The molecule has 154 valence electrons. The van der Waals surface area contributed by atoms with Crippen molar-refractivity contribution in [3.05, 3.63) is 82.6 Å². The summed E-state index contributed by atoms with van der Waals surface area (Å²) >= 11 is 0. The van der Waals surface area contributed by atoms with Crippen LogP contribution in [0.3, 0.4) is 0 Å². The van der Waals surface area contributed by atoms with Gasteiger partial charge in [0.1, 0.15) is 11.6 Å². The van der Waals surface area contributed by atoms with Gasteiger partial charge in [-0.3, -0.25) is 9.59 Å². The Kier molecular flexibility index (Phi) is 5.02. The molecule has 1 atom stereocenters. The zero-order chi connectivity index (χ0) is 21.5. The molecule has 0 saturated heterocycles. The molecule has 30 heavy (non-hydrogen) atoms. The van der Waals surface area contributed by atoms with E-state index < -0.39 is 5.92 Å². The van der Waals surface area contributed by atoms with E-state index in [1.807, 2.05) is 6.92 Å². The van der Waals surface area contributed by atoms with Crippen LogP contribution < -0.4 is 10.6 Å². The largest absolute Gasteiger partial charge is 0.362 e. The Hall–Kier alpha value is -3.28. The summed E-state index contributed by atoms with van der Waals surface area (Å²) in [6.07, 6.45) is 2.71. The number of ketones is 1. The number of nitrogens with zero attached hydrogens (tertiary/aromatic N) is 1. The summed E-state index contributed by atoms with van der Waals surface area (Å²) in [6, 6.07) is 11.3. The van der Waals surface area contributed by atoms with Crippen LogP contribution in [0, 0.1) is 11.2 Å². The van der Waals surface area contributed by atoms with Gasteiger partial charge in [0.25, 0.3) is 5.91 Å². The molecule has 4 rings (SSSR count). The highest BCUT2D eigenvalue weighted by atomic mass is 19.1. The van der Waals surface area contributed by atoms with Gasteiger partial charge in [0.2, 0.25) is 0 Å². The van der Waals surface area contributed by atoms with Gasteiger partial charge in [-0.1, -0.05) is 32.0 Å². The highest BCUT2D eigenvalue weighted by Crippen LogP contribution is 2.46. The molecular weight excluding hydrogens is 381 g/mol. The zero-order valence-electron chi connectivity index (χ0n) is 17.3. The number of Topliss-reactive ketones (excluding diaryl/α,β-unsaturated/α-hetero) is 1. The zero-order valence-corrected chi connectivity index (χ0v) is 17.3. The average molecular weight is 405 g/mol. The second-order valence-electron chi connectivity index (χ2n) is 8.65. The number of hydrogen-bond donors (Lipinski definition) is 2. The molecule has 0 bridgehead atoms. The average Bonchev–Trinajstić information content (AvgIpc) is 2.67. The maximum Gasteiger partial charge on any atom is 0.255 e. The summed E-state index contributed by atoms with van der Waals surface area (Å²) in [5.74, 6) is -0.820. The minimum absolute atomic E-state index is 0.0127. The summed E-state index contributed by atoms with van der Waals surface area (Å²) in [5.41, 5.74) is 3.12. The molecule has 0 fully saturated rings. The van der Waals surface area contributed by atoms with E-state index in [9.17, 15) is 14.0 Å².